The molecule has 0 atom stereocenters. The largest absolute Gasteiger partial charge is 0.486 e. The minimum atomic E-state index is -0.576. The maximum Gasteiger partial charge on any atom is 0.333 e. The molecule has 7 nitrogen and oxygen atoms in total. The molecule has 0 aliphatic rings. The average Bonchev–Trinajstić information content (AvgIpc) is 3.20. The van der Waals surface area contributed by atoms with Crippen LogP contribution in [0.3, 0.4) is 0 Å². The summed E-state index contributed by atoms with van der Waals surface area (Å²) in [6.07, 6.45) is 0. The second-order valence-electron chi connectivity index (χ2n) is 5.76. The molecule has 0 spiro atoms. The van der Waals surface area contributed by atoms with Crippen molar-refractivity contribution in [2.24, 2.45) is 0 Å². The molecule has 0 unspecified atom stereocenters. The van der Waals surface area contributed by atoms with Crippen LogP contribution in [0.5, 0.6) is 5.75 Å². The summed E-state index contributed by atoms with van der Waals surface area (Å²) in [5.41, 5.74) is 5.41. The van der Waals surface area contributed by atoms with Crippen molar-refractivity contribution in [2.45, 2.75) is 13.2 Å². The highest BCUT2D eigenvalue weighted by molar-refractivity contribution is 6.30. The van der Waals surface area contributed by atoms with Crippen LogP contribution in [0.2, 0.25) is 5.02 Å². The predicted octanol–water partition coefficient (Wildman–Crippen LogP) is 3.66. The molecule has 3 amide bonds. The van der Waals surface area contributed by atoms with Crippen LogP contribution < -0.4 is 20.9 Å². The Hall–Kier alpha value is -3.45. The van der Waals surface area contributed by atoms with Crippen LogP contribution in [0.1, 0.15) is 21.9 Å². The monoisotopic (exact) mass is 399 g/mol. The van der Waals surface area contributed by atoms with E-state index in [2.05, 4.69) is 16.2 Å². The highest BCUT2D eigenvalue weighted by Crippen LogP contribution is 2.14. The molecule has 2 aromatic carbocycles. The van der Waals surface area contributed by atoms with Crippen molar-refractivity contribution in [3.8, 4) is 5.75 Å². The number of para-hydroxylation sites is 1. The number of carbonyl (C=O) groups is 2. The summed E-state index contributed by atoms with van der Waals surface area (Å²) < 4.78 is 11.0. The number of rotatable bonds is 6. The number of amides is 3. The van der Waals surface area contributed by atoms with E-state index < -0.39 is 11.9 Å². The Balaban J connectivity index is 1.41. The van der Waals surface area contributed by atoms with Gasteiger partial charge in [0.1, 0.15) is 18.1 Å². The van der Waals surface area contributed by atoms with Gasteiger partial charge in [-0.25, -0.2) is 10.2 Å². The Labute approximate surface area is 166 Å². The van der Waals surface area contributed by atoms with Crippen molar-refractivity contribution in [1.82, 2.24) is 16.2 Å². The van der Waals surface area contributed by atoms with Gasteiger partial charge in [0, 0.05) is 11.6 Å². The Morgan fingerprint density at radius 3 is 2.43 bits per heavy atom. The van der Waals surface area contributed by atoms with Gasteiger partial charge in [0.2, 0.25) is 0 Å². The van der Waals surface area contributed by atoms with Crippen LogP contribution >= 0.6 is 11.6 Å². The zero-order chi connectivity index (χ0) is 19.8. The number of carbonyl (C=O) groups excluding carboxylic acids is 2. The maximum absolute atomic E-state index is 12.0. The van der Waals surface area contributed by atoms with Crippen LogP contribution in [0.15, 0.2) is 71.1 Å². The second kappa shape index (κ2) is 9.48. The van der Waals surface area contributed by atoms with Crippen LogP contribution in [0.25, 0.3) is 0 Å². The van der Waals surface area contributed by atoms with E-state index in [1.165, 1.54) is 6.07 Å². The van der Waals surface area contributed by atoms with Crippen molar-refractivity contribution in [1.29, 1.82) is 0 Å². The van der Waals surface area contributed by atoms with E-state index >= 15 is 0 Å². The number of hydrogen-bond donors (Lipinski definition) is 3. The summed E-state index contributed by atoms with van der Waals surface area (Å²) in [6.45, 7) is 0.479. The quantitative estimate of drug-likeness (QED) is 0.551. The van der Waals surface area contributed by atoms with E-state index in [1.54, 1.807) is 30.3 Å². The number of ether oxygens (including phenoxy) is 1. The molecular formula is C20H18ClN3O4. The molecule has 0 aliphatic heterocycles. The molecule has 3 N–H and O–H groups in total. The average molecular weight is 400 g/mol. The van der Waals surface area contributed by atoms with Crippen LogP contribution in [-0.4, -0.2) is 11.9 Å². The molecule has 0 saturated heterocycles. The first-order valence-corrected chi connectivity index (χ1v) is 8.83. The zero-order valence-corrected chi connectivity index (χ0v) is 15.5. The van der Waals surface area contributed by atoms with E-state index in [1.807, 2.05) is 30.3 Å². The van der Waals surface area contributed by atoms with Gasteiger partial charge in [-0.3, -0.25) is 10.2 Å². The number of hydrazine groups is 1. The van der Waals surface area contributed by atoms with E-state index in [-0.39, 0.29) is 12.4 Å². The molecule has 0 fully saturated rings. The summed E-state index contributed by atoms with van der Waals surface area (Å²) in [5.74, 6) is 0.669. The van der Waals surface area contributed by atoms with E-state index in [0.717, 1.165) is 5.56 Å². The predicted molar refractivity (Wildman–Crippen MR) is 104 cm³/mol. The Kier molecular flexibility index (Phi) is 6.54. The van der Waals surface area contributed by atoms with Crippen LogP contribution in [0.4, 0.5) is 4.79 Å². The summed E-state index contributed by atoms with van der Waals surface area (Å²) in [5, 5.41) is 3.23. The lowest BCUT2D eigenvalue weighted by atomic mass is 10.2. The number of benzene rings is 2. The lowest BCUT2D eigenvalue weighted by Crippen LogP contribution is -2.46. The fourth-order valence-corrected chi connectivity index (χ4v) is 2.38. The lowest BCUT2D eigenvalue weighted by Gasteiger charge is -2.08. The van der Waals surface area contributed by atoms with Gasteiger partial charge in [0.15, 0.2) is 5.76 Å². The van der Waals surface area contributed by atoms with Gasteiger partial charge in [0.25, 0.3) is 0 Å². The number of nitrogens with one attached hydrogen (secondary N) is 3. The molecule has 1 aromatic heterocycles. The fourth-order valence-electron chi connectivity index (χ4n) is 2.25. The summed E-state index contributed by atoms with van der Waals surface area (Å²) in [7, 11) is 0. The number of hydrogen-bond acceptors (Lipinski definition) is 4. The molecule has 3 rings (SSSR count). The number of halogens is 1. The van der Waals surface area contributed by atoms with Crippen molar-refractivity contribution in [3.63, 3.8) is 0 Å². The SMILES string of the molecule is O=C(NCc1ccc(Cl)cc1)NNC(=O)c1ccc(COc2ccccc2)o1. The standard InChI is InChI=1S/C20H18ClN3O4/c21-15-8-6-14(7-9-15)12-22-20(26)24-23-19(25)18-11-10-17(28-18)13-27-16-4-2-1-3-5-16/h1-11H,12-13H2,(H,23,25)(H2,22,24,26). The lowest BCUT2D eigenvalue weighted by molar-refractivity contribution is 0.0904. The third-order valence-electron chi connectivity index (χ3n) is 3.67. The van der Waals surface area contributed by atoms with E-state index in [9.17, 15) is 9.59 Å². The minimum Gasteiger partial charge on any atom is -0.486 e. The first-order valence-electron chi connectivity index (χ1n) is 8.45. The Bertz CT molecular complexity index is 926. The van der Waals surface area contributed by atoms with Crippen molar-refractivity contribution < 1.29 is 18.7 Å². The van der Waals surface area contributed by atoms with Gasteiger partial charge < -0.3 is 14.5 Å². The minimum absolute atomic E-state index is 0.0599. The number of urea groups is 1. The fraction of sp³-hybridized carbons (Fsp3) is 0.100. The van der Waals surface area contributed by atoms with Crippen molar-refractivity contribution in [2.75, 3.05) is 0 Å². The molecule has 8 heteroatoms. The molecule has 0 bridgehead atoms. The highest BCUT2D eigenvalue weighted by atomic mass is 35.5. The Morgan fingerprint density at radius 1 is 0.929 bits per heavy atom. The van der Waals surface area contributed by atoms with Crippen LogP contribution in [-0.2, 0) is 13.2 Å². The molecule has 144 valence electrons. The third kappa shape index (κ3) is 5.78. The molecule has 28 heavy (non-hydrogen) atoms. The topological polar surface area (TPSA) is 92.6 Å². The zero-order valence-electron chi connectivity index (χ0n) is 14.8. The van der Waals surface area contributed by atoms with Crippen LogP contribution in [0, 0.1) is 0 Å². The van der Waals surface area contributed by atoms with Gasteiger partial charge >= 0.3 is 11.9 Å². The van der Waals surface area contributed by atoms with Gasteiger partial charge in [-0.05, 0) is 42.0 Å². The molecule has 0 radical (unpaired) electrons. The molecular weight excluding hydrogens is 382 g/mol. The first kappa shape index (κ1) is 19.3. The molecule has 0 aliphatic carbocycles. The van der Waals surface area contributed by atoms with Crippen molar-refractivity contribution in [3.05, 3.63) is 88.8 Å². The van der Waals surface area contributed by atoms with Gasteiger partial charge in [-0.15, -0.1) is 0 Å². The van der Waals surface area contributed by atoms with Gasteiger partial charge in [0.05, 0.1) is 0 Å². The summed E-state index contributed by atoms with van der Waals surface area (Å²) >= 11 is 5.81. The Morgan fingerprint density at radius 2 is 1.68 bits per heavy atom. The molecule has 0 saturated carbocycles. The highest BCUT2D eigenvalue weighted by Gasteiger charge is 2.12. The summed E-state index contributed by atoms with van der Waals surface area (Å²) in [6, 6.07) is 18.9. The van der Waals surface area contributed by atoms with Gasteiger partial charge in [-0.2, -0.15) is 0 Å². The van der Waals surface area contributed by atoms with E-state index in [4.69, 9.17) is 20.8 Å². The first-order chi connectivity index (χ1) is 13.6. The van der Waals surface area contributed by atoms with Gasteiger partial charge in [-0.1, -0.05) is 41.9 Å². The van der Waals surface area contributed by atoms with Crippen molar-refractivity contribution >= 4 is 23.5 Å². The molecule has 3 aromatic rings. The normalized spacial score (nSPS) is 10.2. The molecule has 1 heterocycles. The maximum atomic E-state index is 12.0. The summed E-state index contributed by atoms with van der Waals surface area (Å²) in [4.78, 5) is 23.8. The second-order valence-corrected chi connectivity index (χ2v) is 6.19. The smallest absolute Gasteiger partial charge is 0.333 e. The number of furan rings is 1. The van der Waals surface area contributed by atoms with E-state index in [0.29, 0.717) is 23.1 Å². The third-order valence-corrected chi connectivity index (χ3v) is 3.92.